The predicted molar refractivity (Wildman–Crippen MR) is 87.7 cm³/mol. The Bertz CT molecular complexity index is 750. The largest absolute Gasteiger partial charge is 0.272 e. The molecule has 0 bridgehead atoms. The molecule has 2 N–H and O–H groups in total. The summed E-state index contributed by atoms with van der Waals surface area (Å²) >= 11 is 1.26. The van der Waals surface area contributed by atoms with Crippen molar-refractivity contribution < 1.29 is 8.42 Å². The van der Waals surface area contributed by atoms with Crippen molar-refractivity contribution in [3.63, 3.8) is 0 Å². The minimum Gasteiger partial charge on any atom is -0.272 e. The molecule has 1 aromatic carbocycles. The van der Waals surface area contributed by atoms with Crippen LogP contribution in [0.2, 0.25) is 0 Å². The van der Waals surface area contributed by atoms with Crippen LogP contribution in [0.4, 0.5) is 5.69 Å². The number of thioether (sulfide) groups is 1. The quantitative estimate of drug-likeness (QED) is 0.377. The number of hydrogen-bond acceptors (Lipinski definition) is 6. The van der Waals surface area contributed by atoms with E-state index in [1.165, 1.54) is 23.9 Å². The average Bonchev–Trinajstić information content (AvgIpc) is 2.99. The lowest BCUT2D eigenvalue weighted by atomic mass is 10.3. The molecule has 1 aliphatic heterocycles. The second kappa shape index (κ2) is 7.29. The van der Waals surface area contributed by atoms with Gasteiger partial charge in [0, 0.05) is 13.0 Å². The fourth-order valence-corrected chi connectivity index (χ4v) is 3.32. The Morgan fingerprint density at radius 3 is 2.95 bits per heavy atom. The normalized spacial score (nSPS) is 15.1. The molecule has 1 heterocycles. The van der Waals surface area contributed by atoms with E-state index in [2.05, 4.69) is 20.0 Å². The Balaban J connectivity index is 2.25. The van der Waals surface area contributed by atoms with Gasteiger partial charge in [0.2, 0.25) is 0 Å². The van der Waals surface area contributed by atoms with Crippen molar-refractivity contribution in [2.24, 2.45) is 9.98 Å². The first-order chi connectivity index (χ1) is 10.5. The van der Waals surface area contributed by atoms with Gasteiger partial charge in [-0.15, -0.1) is 0 Å². The molecule has 0 aromatic heterocycles. The fraction of sp³-hybridized carbons (Fsp3) is 0.308. The number of benzene rings is 1. The second-order valence-corrected chi connectivity index (χ2v) is 6.87. The minimum absolute atomic E-state index is 0.112. The summed E-state index contributed by atoms with van der Waals surface area (Å²) in [6.45, 7) is 0.652. The summed E-state index contributed by atoms with van der Waals surface area (Å²) in [5.74, 6) is 0.491. The van der Waals surface area contributed by atoms with E-state index in [0.29, 0.717) is 29.7 Å². The van der Waals surface area contributed by atoms with Gasteiger partial charge in [-0.1, -0.05) is 17.8 Å². The molecule has 116 valence electrons. The molecule has 1 aromatic rings. The summed E-state index contributed by atoms with van der Waals surface area (Å²) in [5.41, 5.74) is 0.448. The number of amidine groups is 2. The first-order valence-electron chi connectivity index (χ1n) is 6.49. The van der Waals surface area contributed by atoms with Gasteiger partial charge in [0.25, 0.3) is 10.0 Å². The van der Waals surface area contributed by atoms with Gasteiger partial charge < -0.3 is 0 Å². The van der Waals surface area contributed by atoms with E-state index in [9.17, 15) is 8.42 Å². The lowest BCUT2D eigenvalue weighted by molar-refractivity contribution is 0.592. The first kappa shape index (κ1) is 16.3. The molecule has 0 amide bonds. The molecular formula is C13H15N5O2S2. The maximum absolute atomic E-state index is 12.3. The Morgan fingerprint density at radius 2 is 2.32 bits per heavy atom. The summed E-state index contributed by atoms with van der Waals surface area (Å²) in [6.07, 6.45) is 5.05. The van der Waals surface area contributed by atoms with Crippen molar-refractivity contribution in [2.75, 3.05) is 12.8 Å². The molecule has 0 atom stereocenters. The van der Waals surface area contributed by atoms with Gasteiger partial charge in [-0.2, -0.15) is 5.26 Å². The SMILES string of the molecule is CSC(=Nc1cccc(S(=O)(=O)NC2=NCCC2)c1)NC#N. The first-order valence-corrected chi connectivity index (χ1v) is 9.20. The second-order valence-electron chi connectivity index (χ2n) is 4.39. The molecule has 0 unspecified atom stereocenters. The molecule has 7 nitrogen and oxygen atoms in total. The zero-order valence-electron chi connectivity index (χ0n) is 11.9. The highest BCUT2D eigenvalue weighted by molar-refractivity contribution is 8.13. The van der Waals surface area contributed by atoms with Crippen LogP contribution in [0.25, 0.3) is 0 Å². The molecule has 0 saturated carbocycles. The van der Waals surface area contributed by atoms with Crippen LogP contribution in [0.3, 0.4) is 0 Å². The van der Waals surface area contributed by atoms with Gasteiger partial charge in [0.1, 0.15) is 5.84 Å². The summed E-state index contributed by atoms with van der Waals surface area (Å²) in [4.78, 5) is 8.41. The number of nitrogens with one attached hydrogen (secondary N) is 2. The highest BCUT2D eigenvalue weighted by Gasteiger charge is 2.18. The van der Waals surface area contributed by atoms with E-state index in [-0.39, 0.29) is 4.90 Å². The number of nitrogens with zero attached hydrogens (tertiary/aromatic N) is 3. The van der Waals surface area contributed by atoms with Crippen LogP contribution in [-0.4, -0.2) is 32.2 Å². The van der Waals surface area contributed by atoms with E-state index in [4.69, 9.17) is 5.26 Å². The van der Waals surface area contributed by atoms with Crippen molar-refractivity contribution in [3.05, 3.63) is 24.3 Å². The van der Waals surface area contributed by atoms with E-state index in [0.717, 1.165) is 6.42 Å². The Kier molecular flexibility index (Phi) is 5.41. The van der Waals surface area contributed by atoms with Crippen LogP contribution in [0.5, 0.6) is 0 Å². The van der Waals surface area contributed by atoms with Crippen LogP contribution in [0.1, 0.15) is 12.8 Å². The molecule has 2 rings (SSSR count). The summed E-state index contributed by atoms with van der Waals surface area (Å²) in [7, 11) is -3.66. The molecule has 1 aliphatic rings. The van der Waals surface area contributed by atoms with Crippen molar-refractivity contribution in [1.82, 2.24) is 10.0 Å². The van der Waals surface area contributed by atoms with Crippen LogP contribution in [-0.2, 0) is 10.0 Å². The maximum Gasteiger partial charge on any atom is 0.262 e. The standard InChI is InChI=1S/C13H15N5O2S2/c1-21-13(16-9-14)17-10-4-2-5-11(8-10)22(19,20)18-12-6-3-7-15-12/h2,4-5,8H,3,6-7H2,1H3,(H,15,18)(H,16,17). The van der Waals surface area contributed by atoms with Crippen LogP contribution in [0, 0.1) is 11.5 Å². The van der Waals surface area contributed by atoms with Gasteiger partial charge in [-0.25, -0.2) is 13.4 Å². The highest BCUT2D eigenvalue weighted by Crippen LogP contribution is 2.19. The average molecular weight is 337 g/mol. The smallest absolute Gasteiger partial charge is 0.262 e. The zero-order chi connectivity index (χ0) is 16.0. The molecule has 0 aliphatic carbocycles. The molecule has 22 heavy (non-hydrogen) atoms. The van der Waals surface area contributed by atoms with Gasteiger partial charge >= 0.3 is 0 Å². The van der Waals surface area contributed by atoms with Gasteiger partial charge in [-0.3, -0.25) is 15.0 Å². The topological polar surface area (TPSA) is 107 Å². The fourth-order valence-electron chi connectivity index (χ4n) is 1.85. The summed E-state index contributed by atoms with van der Waals surface area (Å²) < 4.78 is 27.1. The van der Waals surface area contributed by atoms with Gasteiger partial charge in [0.05, 0.1) is 10.6 Å². The monoisotopic (exact) mass is 337 g/mol. The van der Waals surface area contributed by atoms with Crippen molar-refractivity contribution in [1.29, 1.82) is 5.26 Å². The van der Waals surface area contributed by atoms with Gasteiger partial charge in [-0.05, 0) is 30.9 Å². The molecule has 0 radical (unpaired) electrons. The highest BCUT2D eigenvalue weighted by atomic mass is 32.2. The third-order valence-corrected chi connectivity index (χ3v) is 4.80. The lowest BCUT2D eigenvalue weighted by Gasteiger charge is -2.08. The van der Waals surface area contributed by atoms with E-state index < -0.39 is 10.0 Å². The minimum atomic E-state index is -3.66. The molecule has 0 spiro atoms. The Morgan fingerprint density at radius 1 is 1.50 bits per heavy atom. The van der Waals surface area contributed by atoms with E-state index >= 15 is 0 Å². The zero-order valence-corrected chi connectivity index (χ0v) is 13.5. The summed E-state index contributed by atoms with van der Waals surface area (Å²) in [5, 5.41) is 11.4. The Labute approximate surface area is 133 Å². The van der Waals surface area contributed by atoms with Gasteiger partial charge in [0.15, 0.2) is 11.4 Å². The molecular weight excluding hydrogens is 322 g/mol. The third kappa shape index (κ3) is 4.22. The Hall–Kier alpha value is -2.05. The van der Waals surface area contributed by atoms with Crippen molar-refractivity contribution >= 4 is 38.5 Å². The lowest BCUT2D eigenvalue weighted by Crippen LogP contribution is -2.29. The summed E-state index contributed by atoms with van der Waals surface area (Å²) in [6, 6.07) is 6.22. The van der Waals surface area contributed by atoms with Crippen molar-refractivity contribution in [2.45, 2.75) is 17.7 Å². The number of nitriles is 1. The predicted octanol–water partition coefficient (Wildman–Crippen LogP) is 1.58. The number of rotatable bonds is 3. The maximum atomic E-state index is 12.3. The number of hydrogen-bond donors (Lipinski definition) is 2. The molecule has 0 saturated heterocycles. The van der Waals surface area contributed by atoms with E-state index in [1.807, 2.05) is 0 Å². The molecule has 9 heteroatoms. The molecule has 0 fully saturated rings. The third-order valence-electron chi connectivity index (χ3n) is 2.84. The van der Waals surface area contributed by atoms with Crippen LogP contribution >= 0.6 is 11.8 Å². The van der Waals surface area contributed by atoms with Crippen LogP contribution in [0.15, 0.2) is 39.1 Å². The van der Waals surface area contributed by atoms with Crippen molar-refractivity contribution in [3.8, 4) is 6.19 Å². The van der Waals surface area contributed by atoms with Crippen LogP contribution < -0.4 is 10.0 Å². The van der Waals surface area contributed by atoms with E-state index in [1.54, 1.807) is 24.6 Å². The number of aliphatic imine (C=N–C) groups is 2. The number of sulfonamides is 1.